The first kappa shape index (κ1) is 24.0. The molecule has 0 spiro atoms. The van der Waals surface area contributed by atoms with E-state index in [0.717, 1.165) is 46.0 Å². The SMILES string of the molecule is COc1ccc(-c2cc(-c3ccc(OC)cc3)n(-c3ccc(C)cc3)n2)cc1.CS(N)(=O)=O. The first-order valence-electron chi connectivity index (χ1n) is 10.1. The summed E-state index contributed by atoms with van der Waals surface area (Å²) in [5.41, 5.74) is 6.30. The van der Waals surface area contributed by atoms with Crippen molar-refractivity contribution in [2.24, 2.45) is 5.14 Å². The van der Waals surface area contributed by atoms with E-state index in [1.165, 1.54) is 5.56 Å². The third kappa shape index (κ3) is 6.68. The Balaban J connectivity index is 0.000000555. The number of primary sulfonamides is 1. The van der Waals surface area contributed by atoms with Crippen LogP contribution in [0.3, 0.4) is 0 Å². The molecular formula is C25H27N3O4S. The van der Waals surface area contributed by atoms with Crippen molar-refractivity contribution in [3.8, 4) is 39.7 Å². The number of rotatable bonds is 5. The molecule has 3 aromatic carbocycles. The summed E-state index contributed by atoms with van der Waals surface area (Å²) in [7, 11) is 0.177. The zero-order chi connectivity index (χ0) is 24.0. The van der Waals surface area contributed by atoms with Gasteiger partial charge in [-0.3, -0.25) is 0 Å². The van der Waals surface area contributed by atoms with Gasteiger partial charge in [-0.2, -0.15) is 5.10 Å². The quantitative estimate of drug-likeness (QED) is 0.470. The van der Waals surface area contributed by atoms with Crippen molar-refractivity contribution in [1.29, 1.82) is 0 Å². The lowest BCUT2D eigenvalue weighted by atomic mass is 10.1. The van der Waals surface area contributed by atoms with E-state index in [9.17, 15) is 8.42 Å². The number of nitrogens with two attached hydrogens (primary N) is 1. The van der Waals surface area contributed by atoms with Crippen LogP contribution in [-0.2, 0) is 10.0 Å². The molecule has 0 saturated carbocycles. The van der Waals surface area contributed by atoms with Crippen molar-refractivity contribution in [3.05, 3.63) is 84.4 Å². The van der Waals surface area contributed by atoms with Gasteiger partial charge in [0.15, 0.2) is 0 Å². The minimum atomic E-state index is -3.17. The summed E-state index contributed by atoms with van der Waals surface area (Å²) in [5, 5.41) is 9.23. The lowest BCUT2D eigenvalue weighted by molar-refractivity contribution is 0.414. The average Bonchev–Trinajstić information content (AvgIpc) is 3.24. The molecule has 1 heterocycles. The Bertz CT molecular complexity index is 1290. The fourth-order valence-corrected chi connectivity index (χ4v) is 3.13. The first-order valence-corrected chi connectivity index (χ1v) is 12.1. The molecule has 4 aromatic rings. The molecule has 0 aliphatic carbocycles. The van der Waals surface area contributed by atoms with E-state index in [1.54, 1.807) is 14.2 Å². The van der Waals surface area contributed by atoms with Crippen LogP contribution in [0, 0.1) is 6.92 Å². The van der Waals surface area contributed by atoms with E-state index in [-0.39, 0.29) is 0 Å². The lowest BCUT2D eigenvalue weighted by Gasteiger charge is -2.08. The number of ether oxygens (including phenoxy) is 2. The molecule has 0 amide bonds. The number of hydrogen-bond acceptors (Lipinski definition) is 5. The molecule has 0 bridgehead atoms. The molecule has 172 valence electrons. The van der Waals surface area contributed by atoms with Crippen molar-refractivity contribution < 1.29 is 17.9 Å². The van der Waals surface area contributed by atoms with E-state index in [4.69, 9.17) is 14.6 Å². The third-order valence-electron chi connectivity index (χ3n) is 4.76. The zero-order valence-corrected chi connectivity index (χ0v) is 19.8. The predicted octanol–water partition coefficient (Wildman–Crippen LogP) is 4.44. The molecule has 33 heavy (non-hydrogen) atoms. The molecule has 0 atom stereocenters. The molecule has 7 nitrogen and oxygen atoms in total. The fraction of sp³-hybridized carbons (Fsp3) is 0.160. The smallest absolute Gasteiger partial charge is 0.206 e. The topological polar surface area (TPSA) is 96.4 Å². The van der Waals surface area contributed by atoms with Crippen LogP contribution in [0.1, 0.15) is 5.56 Å². The number of aryl methyl sites for hydroxylation is 1. The Kier molecular flexibility index (Phi) is 7.52. The van der Waals surface area contributed by atoms with E-state index >= 15 is 0 Å². The third-order valence-corrected chi connectivity index (χ3v) is 4.76. The van der Waals surface area contributed by atoms with Crippen LogP contribution in [0.4, 0.5) is 0 Å². The number of hydrogen-bond donors (Lipinski definition) is 1. The number of sulfonamides is 1. The minimum Gasteiger partial charge on any atom is -0.497 e. The Morgan fingerprint density at radius 1 is 0.788 bits per heavy atom. The standard InChI is InChI=1S/C24H22N2O2.CH5NO2S/c1-17-4-10-20(11-5-17)26-24(19-8-14-22(28-3)15-9-19)16-23(25-26)18-6-12-21(27-2)13-7-18;1-5(2,3)4/h4-16H,1-3H3;1H3,(H2,2,3,4). The van der Waals surface area contributed by atoms with Crippen LogP contribution >= 0.6 is 0 Å². The number of aromatic nitrogens is 2. The van der Waals surface area contributed by atoms with Crippen LogP contribution in [0.25, 0.3) is 28.2 Å². The molecule has 2 N–H and O–H groups in total. The van der Waals surface area contributed by atoms with E-state index in [0.29, 0.717) is 0 Å². The van der Waals surface area contributed by atoms with Crippen LogP contribution < -0.4 is 14.6 Å². The summed E-state index contributed by atoms with van der Waals surface area (Å²) in [6.45, 7) is 2.08. The summed E-state index contributed by atoms with van der Waals surface area (Å²) in [6, 6.07) is 26.5. The zero-order valence-electron chi connectivity index (χ0n) is 19.0. The molecule has 0 fully saturated rings. The van der Waals surface area contributed by atoms with Gasteiger partial charge in [0.1, 0.15) is 11.5 Å². The van der Waals surface area contributed by atoms with Gasteiger partial charge in [0.25, 0.3) is 0 Å². The maximum absolute atomic E-state index is 9.41. The van der Waals surface area contributed by atoms with Crippen molar-refractivity contribution in [3.63, 3.8) is 0 Å². The highest BCUT2D eigenvalue weighted by atomic mass is 32.2. The first-order chi connectivity index (χ1) is 15.7. The molecular weight excluding hydrogens is 438 g/mol. The van der Waals surface area contributed by atoms with Crippen molar-refractivity contribution >= 4 is 10.0 Å². The van der Waals surface area contributed by atoms with Crippen LogP contribution in [0.2, 0.25) is 0 Å². The highest BCUT2D eigenvalue weighted by Crippen LogP contribution is 2.30. The summed E-state index contributed by atoms with van der Waals surface area (Å²) in [4.78, 5) is 0. The van der Waals surface area contributed by atoms with Gasteiger partial charge < -0.3 is 9.47 Å². The summed E-state index contributed by atoms with van der Waals surface area (Å²) in [5.74, 6) is 1.66. The van der Waals surface area contributed by atoms with Gasteiger partial charge >= 0.3 is 0 Å². The molecule has 0 radical (unpaired) electrons. The maximum Gasteiger partial charge on any atom is 0.206 e. The molecule has 0 aliphatic rings. The molecule has 4 rings (SSSR count). The monoisotopic (exact) mass is 465 g/mol. The van der Waals surface area contributed by atoms with Crippen LogP contribution in [-0.4, -0.2) is 38.7 Å². The number of benzene rings is 3. The molecule has 0 saturated heterocycles. The van der Waals surface area contributed by atoms with Gasteiger partial charge in [-0.15, -0.1) is 0 Å². The molecule has 0 unspecified atom stereocenters. The minimum absolute atomic E-state index is 0.831. The second-order valence-corrected chi connectivity index (χ2v) is 9.11. The van der Waals surface area contributed by atoms with Gasteiger partial charge in [0, 0.05) is 11.1 Å². The molecule has 0 aliphatic heterocycles. The molecule has 8 heteroatoms. The van der Waals surface area contributed by atoms with E-state index < -0.39 is 10.0 Å². The van der Waals surface area contributed by atoms with Gasteiger partial charge in [0.2, 0.25) is 10.0 Å². The Morgan fingerprint density at radius 2 is 1.24 bits per heavy atom. The van der Waals surface area contributed by atoms with Gasteiger partial charge in [-0.25, -0.2) is 18.2 Å². The number of methoxy groups -OCH3 is 2. The van der Waals surface area contributed by atoms with E-state index in [2.05, 4.69) is 54.5 Å². The van der Waals surface area contributed by atoms with Crippen molar-refractivity contribution in [2.45, 2.75) is 6.92 Å². The van der Waals surface area contributed by atoms with Gasteiger partial charge in [0.05, 0.1) is 37.6 Å². The Hall–Kier alpha value is -3.62. The predicted molar refractivity (Wildman–Crippen MR) is 131 cm³/mol. The second kappa shape index (κ2) is 10.3. The van der Waals surface area contributed by atoms with E-state index in [1.807, 2.05) is 41.1 Å². The lowest BCUT2D eigenvalue weighted by Crippen LogP contribution is -2.07. The van der Waals surface area contributed by atoms with Crippen LogP contribution in [0.15, 0.2) is 78.9 Å². The highest BCUT2D eigenvalue weighted by molar-refractivity contribution is 7.88. The van der Waals surface area contributed by atoms with Gasteiger partial charge in [-0.05, 0) is 73.7 Å². The van der Waals surface area contributed by atoms with Gasteiger partial charge in [-0.1, -0.05) is 17.7 Å². The summed E-state index contributed by atoms with van der Waals surface area (Å²) >= 11 is 0. The molecule has 1 aromatic heterocycles. The van der Waals surface area contributed by atoms with Crippen LogP contribution in [0.5, 0.6) is 11.5 Å². The summed E-state index contributed by atoms with van der Waals surface area (Å²) in [6.07, 6.45) is 0.938. The van der Waals surface area contributed by atoms with Crippen molar-refractivity contribution in [2.75, 3.05) is 20.5 Å². The highest BCUT2D eigenvalue weighted by Gasteiger charge is 2.13. The Morgan fingerprint density at radius 3 is 1.70 bits per heavy atom. The second-order valence-electron chi connectivity index (χ2n) is 7.45. The fourth-order valence-electron chi connectivity index (χ4n) is 3.13. The van der Waals surface area contributed by atoms with Crippen molar-refractivity contribution in [1.82, 2.24) is 9.78 Å². The maximum atomic E-state index is 9.41. The normalized spacial score (nSPS) is 10.8. The summed E-state index contributed by atoms with van der Waals surface area (Å²) < 4.78 is 31.4. The average molecular weight is 466 g/mol. The largest absolute Gasteiger partial charge is 0.497 e. The Labute approximate surface area is 194 Å². The number of nitrogens with zero attached hydrogens (tertiary/aromatic N) is 2.